The van der Waals surface area contributed by atoms with E-state index in [1.807, 2.05) is 4.90 Å². The van der Waals surface area contributed by atoms with Crippen LogP contribution >= 0.6 is 0 Å². The monoisotopic (exact) mass is 212 g/mol. The lowest BCUT2D eigenvalue weighted by Crippen LogP contribution is -2.51. The van der Waals surface area contributed by atoms with Crippen LogP contribution in [0, 0.1) is 5.41 Å². The summed E-state index contributed by atoms with van der Waals surface area (Å²) in [7, 11) is 0. The van der Waals surface area contributed by atoms with E-state index in [-0.39, 0.29) is 5.41 Å². The fraction of sp³-hybridized carbons (Fsp3) is 0.917. The molecule has 0 saturated carbocycles. The molecule has 0 unspecified atom stereocenters. The lowest BCUT2D eigenvalue weighted by Gasteiger charge is -2.34. The van der Waals surface area contributed by atoms with Gasteiger partial charge in [0.1, 0.15) is 0 Å². The molecule has 1 aliphatic rings. The highest BCUT2D eigenvalue weighted by atomic mass is 16.2. The molecule has 88 valence electrons. The van der Waals surface area contributed by atoms with Crippen LogP contribution in [-0.4, -0.2) is 36.5 Å². The van der Waals surface area contributed by atoms with Crippen molar-refractivity contribution in [3.05, 3.63) is 0 Å². The number of amides is 1. The topological polar surface area (TPSA) is 32.3 Å². The third-order valence-corrected chi connectivity index (χ3v) is 3.31. The number of nitrogens with one attached hydrogen (secondary N) is 1. The molecular weight excluding hydrogens is 188 g/mol. The van der Waals surface area contributed by atoms with Crippen LogP contribution in [0.3, 0.4) is 0 Å². The number of carbonyl (C=O) groups is 1. The van der Waals surface area contributed by atoms with Gasteiger partial charge in [-0.3, -0.25) is 4.79 Å². The lowest BCUT2D eigenvalue weighted by molar-refractivity contribution is -0.134. The van der Waals surface area contributed by atoms with Crippen LogP contribution in [0.15, 0.2) is 0 Å². The van der Waals surface area contributed by atoms with Gasteiger partial charge in [-0.2, -0.15) is 0 Å². The first-order valence-corrected chi connectivity index (χ1v) is 5.96. The number of carbonyl (C=O) groups excluding carboxylic acids is 1. The van der Waals surface area contributed by atoms with Crippen LogP contribution in [0.1, 0.15) is 40.5 Å². The summed E-state index contributed by atoms with van der Waals surface area (Å²) in [5.41, 5.74) is 0.144. The summed E-state index contributed by atoms with van der Waals surface area (Å²) in [6, 6.07) is 0.437. The normalized spacial score (nSPS) is 22.9. The van der Waals surface area contributed by atoms with Crippen molar-refractivity contribution in [2.24, 2.45) is 5.41 Å². The van der Waals surface area contributed by atoms with Gasteiger partial charge in [0.15, 0.2) is 0 Å². The smallest absolute Gasteiger partial charge is 0.223 e. The molecule has 0 aromatic carbocycles. The molecule has 0 radical (unpaired) electrons. The van der Waals surface area contributed by atoms with E-state index in [1.165, 1.54) is 0 Å². The Hall–Kier alpha value is -0.570. The Morgan fingerprint density at radius 3 is 2.73 bits per heavy atom. The molecule has 1 N–H and O–H groups in total. The van der Waals surface area contributed by atoms with Crippen LogP contribution < -0.4 is 5.32 Å². The zero-order valence-corrected chi connectivity index (χ0v) is 10.5. The predicted molar refractivity (Wildman–Crippen MR) is 62.7 cm³/mol. The Bertz CT molecular complexity index is 226. The van der Waals surface area contributed by atoms with Crippen molar-refractivity contribution in [2.45, 2.75) is 46.6 Å². The maximum atomic E-state index is 12.0. The zero-order chi connectivity index (χ0) is 11.5. The highest BCUT2D eigenvalue weighted by Crippen LogP contribution is 2.25. The third-order valence-electron chi connectivity index (χ3n) is 3.31. The van der Waals surface area contributed by atoms with Gasteiger partial charge >= 0.3 is 0 Å². The maximum Gasteiger partial charge on any atom is 0.223 e. The second-order valence-corrected chi connectivity index (χ2v) is 5.39. The minimum Gasteiger partial charge on any atom is -0.340 e. The summed E-state index contributed by atoms with van der Waals surface area (Å²) in [5, 5.41) is 3.35. The van der Waals surface area contributed by atoms with E-state index >= 15 is 0 Å². The summed E-state index contributed by atoms with van der Waals surface area (Å²) in [5.74, 6) is 0.315. The molecule has 3 heteroatoms. The fourth-order valence-corrected chi connectivity index (χ4v) is 1.81. The molecule has 15 heavy (non-hydrogen) atoms. The number of hydrogen-bond donors (Lipinski definition) is 1. The molecule has 1 rings (SSSR count). The SMILES string of the molecule is CCC(C)(C)CC(=O)N1CCN[C@@H](C)C1. The summed E-state index contributed by atoms with van der Waals surface area (Å²) in [6.45, 7) is 11.3. The minimum absolute atomic E-state index is 0.144. The maximum absolute atomic E-state index is 12.0. The van der Waals surface area contributed by atoms with Gasteiger partial charge in [-0.05, 0) is 12.3 Å². The quantitative estimate of drug-likeness (QED) is 0.771. The van der Waals surface area contributed by atoms with Crippen molar-refractivity contribution in [1.29, 1.82) is 0 Å². The molecule has 1 atom stereocenters. The summed E-state index contributed by atoms with van der Waals surface area (Å²) < 4.78 is 0. The highest BCUT2D eigenvalue weighted by molar-refractivity contribution is 5.77. The standard InChI is InChI=1S/C12H24N2O/c1-5-12(3,4)8-11(15)14-7-6-13-10(2)9-14/h10,13H,5-9H2,1-4H3/t10-/m0/s1. The largest absolute Gasteiger partial charge is 0.340 e. The van der Waals surface area contributed by atoms with Gasteiger partial charge in [0.25, 0.3) is 0 Å². The first-order valence-electron chi connectivity index (χ1n) is 5.96. The van der Waals surface area contributed by atoms with E-state index in [0.717, 1.165) is 26.1 Å². The number of nitrogens with zero attached hydrogens (tertiary/aromatic N) is 1. The van der Waals surface area contributed by atoms with Crippen molar-refractivity contribution in [1.82, 2.24) is 10.2 Å². The Kier molecular flexibility index (Phi) is 4.14. The molecule has 1 heterocycles. The average Bonchev–Trinajstić information content (AvgIpc) is 2.17. The van der Waals surface area contributed by atoms with Gasteiger partial charge in [-0.15, -0.1) is 0 Å². The van der Waals surface area contributed by atoms with Crippen molar-refractivity contribution >= 4 is 5.91 Å². The van der Waals surface area contributed by atoms with Gasteiger partial charge in [-0.1, -0.05) is 27.2 Å². The van der Waals surface area contributed by atoms with Crippen molar-refractivity contribution in [2.75, 3.05) is 19.6 Å². The van der Waals surface area contributed by atoms with Gasteiger partial charge < -0.3 is 10.2 Å². The Morgan fingerprint density at radius 2 is 2.20 bits per heavy atom. The molecule has 0 aromatic heterocycles. The van der Waals surface area contributed by atoms with E-state index in [2.05, 4.69) is 33.0 Å². The number of hydrogen-bond acceptors (Lipinski definition) is 2. The lowest BCUT2D eigenvalue weighted by atomic mass is 9.86. The van der Waals surface area contributed by atoms with E-state index in [9.17, 15) is 4.79 Å². The highest BCUT2D eigenvalue weighted by Gasteiger charge is 2.26. The van der Waals surface area contributed by atoms with Crippen LogP contribution in [0.25, 0.3) is 0 Å². The predicted octanol–water partition coefficient (Wildman–Crippen LogP) is 1.63. The Morgan fingerprint density at radius 1 is 1.53 bits per heavy atom. The Balaban J connectivity index is 2.46. The second kappa shape index (κ2) is 4.97. The number of rotatable bonds is 3. The van der Waals surface area contributed by atoms with Gasteiger partial charge in [0.05, 0.1) is 0 Å². The van der Waals surface area contributed by atoms with E-state index in [1.54, 1.807) is 0 Å². The molecule has 0 spiro atoms. The molecule has 1 saturated heterocycles. The summed E-state index contributed by atoms with van der Waals surface area (Å²) in [4.78, 5) is 14.0. The van der Waals surface area contributed by atoms with Crippen molar-refractivity contribution < 1.29 is 4.79 Å². The first-order chi connectivity index (χ1) is 6.94. The third kappa shape index (κ3) is 3.82. The fourth-order valence-electron chi connectivity index (χ4n) is 1.81. The molecule has 0 bridgehead atoms. The summed E-state index contributed by atoms with van der Waals surface area (Å²) >= 11 is 0. The van der Waals surface area contributed by atoms with Gasteiger partial charge in [0.2, 0.25) is 5.91 Å². The van der Waals surface area contributed by atoms with Crippen LogP contribution in [0.4, 0.5) is 0 Å². The van der Waals surface area contributed by atoms with Crippen LogP contribution in [-0.2, 0) is 4.79 Å². The Labute approximate surface area is 93.2 Å². The molecule has 1 amide bonds. The molecular formula is C12H24N2O. The molecule has 3 nitrogen and oxygen atoms in total. The molecule has 0 aromatic rings. The van der Waals surface area contributed by atoms with Crippen LogP contribution in [0.5, 0.6) is 0 Å². The zero-order valence-electron chi connectivity index (χ0n) is 10.5. The van der Waals surface area contributed by atoms with E-state index < -0.39 is 0 Å². The first kappa shape index (κ1) is 12.5. The van der Waals surface area contributed by atoms with E-state index in [0.29, 0.717) is 18.4 Å². The van der Waals surface area contributed by atoms with Gasteiger partial charge in [-0.25, -0.2) is 0 Å². The summed E-state index contributed by atoms with van der Waals surface area (Å²) in [6.07, 6.45) is 1.73. The van der Waals surface area contributed by atoms with Crippen molar-refractivity contribution in [3.63, 3.8) is 0 Å². The minimum atomic E-state index is 0.144. The van der Waals surface area contributed by atoms with Crippen molar-refractivity contribution in [3.8, 4) is 0 Å². The van der Waals surface area contributed by atoms with E-state index in [4.69, 9.17) is 0 Å². The molecule has 1 fully saturated rings. The second-order valence-electron chi connectivity index (χ2n) is 5.39. The van der Waals surface area contributed by atoms with Crippen LogP contribution in [0.2, 0.25) is 0 Å². The molecule has 0 aliphatic carbocycles. The molecule has 1 aliphatic heterocycles. The average molecular weight is 212 g/mol. The number of piperazine rings is 1. The van der Waals surface area contributed by atoms with Gasteiger partial charge in [0, 0.05) is 32.1 Å².